The lowest BCUT2D eigenvalue weighted by atomic mass is 9.86. The largest absolute Gasteiger partial charge is 0.490 e. The van der Waals surface area contributed by atoms with Crippen LogP contribution >= 0.6 is 0 Å². The minimum Gasteiger partial charge on any atom is -0.480 e. The van der Waals surface area contributed by atoms with Gasteiger partial charge in [-0.2, -0.15) is 13.2 Å². The number of ether oxygens (including phenoxy) is 1. The Labute approximate surface area is 167 Å². The molecule has 29 heavy (non-hydrogen) atoms. The highest BCUT2D eigenvalue weighted by molar-refractivity contribution is 5.75. The molecule has 1 aliphatic heterocycles. The molecule has 4 N–H and O–H groups in total. The number of amides is 1. The van der Waals surface area contributed by atoms with Crippen molar-refractivity contribution in [2.75, 3.05) is 7.11 Å². The second-order valence-corrected chi connectivity index (χ2v) is 6.98. The summed E-state index contributed by atoms with van der Waals surface area (Å²) in [5.74, 6) is -3.53. The highest BCUT2D eigenvalue weighted by atomic mass is 19.4. The smallest absolute Gasteiger partial charge is 0.480 e. The molecule has 0 bridgehead atoms. The second-order valence-electron chi connectivity index (χ2n) is 6.98. The fourth-order valence-electron chi connectivity index (χ4n) is 3.27. The molecule has 168 valence electrons. The van der Waals surface area contributed by atoms with Gasteiger partial charge in [-0.15, -0.1) is 0 Å². The Kier molecular flexibility index (Phi) is 10.9. The van der Waals surface area contributed by atoms with E-state index in [1.165, 1.54) is 6.92 Å². The van der Waals surface area contributed by atoms with Crippen molar-refractivity contribution in [2.24, 2.45) is 11.8 Å². The van der Waals surface area contributed by atoms with Crippen LogP contribution in [0, 0.1) is 11.8 Å². The van der Waals surface area contributed by atoms with E-state index in [1.54, 1.807) is 7.11 Å². The molecule has 11 heteroatoms. The van der Waals surface area contributed by atoms with E-state index in [-0.39, 0.29) is 35.9 Å². The van der Waals surface area contributed by atoms with Crippen molar-refractivity contribution in [1.29, 1.82) is 0 Å². The zero-order chi connectivity index (χ0) is 22.9. The Morgan fingerprint density at radius 1 is 1.24 bits per heavy atom. The molecule has 0 aromatic heterocycles. The Hall–Kier alpha value is -2.14. The van der Waals surface area contributed by atoms with E-state index in [0.717, 1.165) is 0 Å². The number of nitrogens with one attached hydrogen (secondary N) is 2. The van der Waals surface area contributed by atoms with E-state index in [4.69, 9.17) is 14.6 Å². The van der Waals surface area contributed by atoms with Crippen molar-refractivity contribution in [2.45, 2.75) is 64.5 Å². The maximum atomic E-state index is 11.6. The van der Waals surface area contributed by atoms with E-state index < -0.39 is 24.2 Å². The fraction of sp³-hybridized carbons (Fsp3) is 0.722. The topological polar surface area (TPSA) is 125 Å². The lowest BCUT2D eigenvalue weighted by molar-refractivity contribution is -0.192. The number of allylic oxidation sites excluding steroid dienone is 1. The maximum absolute atomic E-state index is 11.6. The van der Waals surface area contributed by atoms with Crippen LogP contribution in [-0.2, 0) is 19.1 Å². The number of carboxylic acid groups (broad SMARTS) is 2. The number of carbonyl (C=O) groups is 3. The first-order valence-electron chi connectivity index (χ1n) is 8.97. The SMILES string of the molecule is C/C=C\[C@@H]1C[C@H](C(=O)O)N[C@H]1[C@@H](NC(C)=O)[C@H](OC)C(C)C.O=C(O)C(F)(F)F. The number of carboxylic acids is 2. The highest BCUT2D eigenvalue weighted by Crippen LogP contribution is 2.28. The van der Waals surface area contributed by atoms with E-state index >= 15 is 0 Å². The van der Waals surface area contributed by atoms with Gasteiger partial charge in [0, 0.05) is 20.1 Å². The van der Waals surface area contributed by atoms with Gasteiger partial charge >= 0.3 is 18.1 Å². The first-order chi connectivity index (χ1) is 13.3. The highest BCUT2D eigenvalue weighted by Gasteiger charge is 2.44. The molecule has 0 spiro atoms. The molecule has 5 atom stereocenters. The molecule has 0 unspecified atom stereocenters. The van der Waals surface area contributed by atoms with Gasteiger partial charge in [-0.05, 0) is 25.2 Å². The fourth-order valence-corrected chi connectivity index (χ4v) is 3.27. The quantitative estimate of drug-likeness (QED) is 0.458. The Morgan fingerprint density at radius 3 is 2.07 bits per heavy atom. The summed E-state index contributed by atoms with van der Waals surface area (Å²) in [4.78, 5) is 31.8. The van der Waals surface area contributed by atoms with Crippen LogP contribution < -0.4 is 10.6 Å². The van der Waals surface area contributed by atoms with Crippen molar-refractivity contribution in [3.05, 3.63) is 12.2 Å². The van der Waals surface area contributed by atoms with Crippen molar-refractivity contribution in [1.82, 2.24) is 10.6 Å². The lowest BCUT2D eigenvalue weighted by Gasteiger charge is -2.36. The molecule has 1 saturated heterocycles. The van der Waals surface area contributed by atoms with Crippen LogP contribution in [0.4, 0.5) is 13.2 Å². The van der Waals surface area contributed by atoms with Crippen LogP contribution in [0.1, 0.15) is 34.1 Å². The molecule has 1 amide bonds. The van der Waals surface area contributed by atoms with E-state index in [0.29, 0.717) is 6.42 Å². The van der Waals surface area contributed by atoms with Crippen molar-refractivity contribution in [3.63, 3.8) is 0 Å². The van der Waals surface area contributed by atoms with Crippen molar-refractivity contribution < 1.29 is 42.5 Å². The van der Waals surface area contributed by atoms with E-state index in [1.807, 2.05) is 32.9 Å². The second kappa shape index (κ2) is 11.8. The third kappa shape index (κ3) is 8.82. The Balaban J connectivity index is 0.000000956. The van der Waals surface area contributed by atoms with Crippen molar-refractivity contribution >= 4 is 17.8 Å². The number of hydrogen-bond acceptors (Lipinski definition) is 5. The van der Waals surface area contributed by atoms with Gasteiger partial charge in [-0.1, -0.05) is 26.0 Å². The lowest BCUT2D eigenvalue weighted by Crippen LogP contribution is -2.58. The average Bonchev–Trinajstić information content (AvgIpc) is 2.98. The van der Waals surface area contributed by atoms with Gasteiger partial charge in [-0.3, -0.25) is 14.9 Å². The molecule has 0 radical (unpaired) electrons. The molecule has 0 saturated carbocycles. The van der Waals surface area contributed by atoms with Gasteiger partial charge < -0.3 is 20.3 Å². The van der Waals surface area contributed by atoms with Crippen LogP contribution in [0.25, 0.3) is 0 Å². The van der Waals surface area contributed by atoms with Crippen LogP contribution in [0.2, 0.25) is 0 Å². The molecular weight excluding hydrogens is 397 g/mol. The van der Waals surface area contributed by atoms with Crippen LogP contribution in [0.15, 0.2) is 12.2 Å². The van der Waals surface area contributed by atoms with Gasteiger partial charge in [-0.25, -0.2) is 4.79 Å². The third-order valence-electron chi connectivity index (χ3n) is 4.38. The van der Waals surface area contributed by atoms with Gasteiger partial charge in [0.05, 0.1) is 12.1 Å². The zero-order valence-electron chi connectivity index (χ0n) is 17.0. The van der Waals surface area contributed by atoms with Gasteiger partial charge in [0.2, 0.25) is 5.91 Å². The van der Waals surface area contributed by atoms with Gasteiger partial charge in [0.15, 0.2) is 0 Å². The summed E-state index contributed by atoms with van der Waals surface area (Å²) in [7, 11) is 1.62. The van der Waals surface area contributed by atoms with Gasteiger partial charge in [0.1, 0.15) is 6.04 Å². The molecule has 1 rings (SSSR count). The summed E-state index contributed by atoms with van der Waals surface area (Å²) in [6.45, 7) is 7.43. The summed E-state index contributed by atoms with van der Waals surface area (Å²) < 4.78 is 37.3. The summed E-state index contributed by atoms with van der Waals surface area (Å²) in [6.07, 6.45) is -0.843. The van der Waals surface area contributed by atoms with Crippen LogP contribution in [-0.4, -0.2) is 65.6 Å². The van der Waals surface area contributed by atoms with Crippen molar-refractivity contribution in [3.8, 4) is 0 Å². The molecule has 8 nitrogen and oxygen atoms in total. The standard InChI is InChI=1S/C16H28N2O4.C2HF3O2/c1-6-7-11-8-12(16(20)21)18-13(11)14(17-10(4)19)15(22-5)9(2)3;3-2(4,5)1(6)7/h6-7,9,11-15,18H,8H2,1-5H3,(H,17,19)(H,20,21);(H,6,7)/b7-6-;/t11-,12-,13-,14-,15-;/m1./s1. The summed E-state index contributed by atoms with van der Waals surface area (Å²) in [6, 6.07) is -1.06. The van der Waals surface area contributed by atoms with Gasteiger partial charge in [0.25, 0.3) is 0 Å². The predicted molar refractivity (Wildman–Crippen MR) is 98.2 cm³/mol. The normalized spacial score (nSPS) is 24.0. The van der Waals surface area contributed by atoms with E-state index in [9.17, 15) is 27.9 Å². The molecule has 1 fully saturated rings. The summed E-state index contributed by atoms with van der Waals surface area (Å²) in [5.41, 5.74) is 0. The number of rotatable bonds is 7. The monoisotopic (exact) mass is 426 g/mol. The molecule has 0 aliphatic carbocycles. The molecule has 0 aromatic carbocycles. The minimum atomic E-state index is -5.08. The minimum absolute atomic E-state index is 0.0411. The number of aliphatic carboxylic acids is 2. The van der Waals surface area contributed by atoms with E-state index in [2.05, 4.69) is 10.6 Å². The molecule has 0 aromatic rings. The predicted octanol–water partition coefficient (Wildman–Crippen LogP) is 1.80. The number of alkyl halides is 3. The summed E-state index contributed by atoms with van der Waals surface area (Å²) in [5, 5.41) is 22.5. The first-order valence-corrected chi connectivity index (χ1v) is 8.97. The van der Waals surface area contributed by atoms with Crippen LogP contribution in [0.5, 0.6) is 0 Å². The number of methoxy groups -OCH3 is 1. The molecular formula is C18H29F3N2O6. The number of halogens is 3. The molecule has 1 aliphatic rings. The summed E-state index contributed by atoms with van der Waals surface area (Å²) >= 11 is 0. The number of hydrogen-bond donors (Lipinski definition) is 4. The first kappa shape index (κ1) is 26.9. The molecule has 1 heterocycles. The van der Waals surface area contributed by atoms with Crippen LogP contribution in [0.3, 0.4) is 0 Å². The third-order valence-corrected chi connectivity index (χ3v) is 4.38. The Morgan fingerprint density at radius 2 is 1.76 bits per heavy atom. The zero-order valence-corrected chi connectivity index (χ0v) is 17.0. The number of carbonyl (C=O) groups excluding carboxylic acids is 1. The maximum Gasteiger partial charge on any atom is 0.490 e. The average molecular weight is 426 g/mol. The Bertz CT molecular complexity index is 595.